The molecule has 8 heteroatoms. The number of methoxy groups -OCH3 is 1. The van der Waals surface area contributed by atoms with Crippen molar-refractivity contribution in [3.63, 3.8) is 0 Å². The summed E-state index contributed by atoms with van der Waals surface area (Å²) >= 11 is 0. The van der Waals surface area contributed by atoms with E-state index in [1.165, 1.54) is 0 Å². The number of fused-ring (bicyclic) bond motifs is 1. The van der Waals surface area contributed by atoms with E-state index in [0.29, 0.717) is 37.8 Å². The molecule has 2 aromatic rings. The lowest BCUT2D eigenvalue weighted by Crippen LogP contribution is -2.48. The van der Waals surface area contributed by atoms with Gasteiger partial charge < -0.3 is 24.0 Å². The maximum atomic E-state index is 12.5. The third-order valence-electron chi connectivity index (χ3n) is 4.57. The summed E-state index contributed by atoms with van der Waals surface area (Å²) in [7, 11) is 1.56. The molecule has 140 valence electrons. The molecule has 0 radical (unpaired) electrons. The average Bonchev–Trinajstić information content (AvgIpc) is 3.20. The van der Waals surface area contributed by atoms with Gasteiger partial charge in [0.25, 0.3) is 0 Å². The minimum absolute atomic E-state index is 0.00636. The first-order valence-corrected chi connectivity index (χ1v) is 8.72. The number of benzene rings is 1. The van der Waals surface area contributed by atoms with Crippen LogP contribution in [0.25, 0.3) is 6.08 Å². The summed E-state index contributed by atoms with van der Waals surface area (Å²) in [6.45, 7) is 2.94. The number of amides is 1. The van der Waals surface area contributed by atoms with Gasteiger partial charge >= 0.3 is 0 Å². The van der Waals surface area contributed by atoms with Crippen LogP contribution >= 0.6 is 0 Å². The van der Waals surface area contributed by atoms with E-state index >= 15 is 0 Å². The number of hydrogen-bond donors (Lipinski definition) is 0. The summed E-state index contributed by atoms with van der Waals surface area (Å²) in [6.07, 6.45) is 3.39. The number of carbonyl (C=O) groups excluding carboxylic acids is 1. The standard InChI is InChI=1S/C19H20N4O4/c1-25-18-6-5-17(20-21-18)22-8-10-23(11-9-22)19(24)7-3-14-2-4-15-16(12-14)27-13-26-15/h2-7,12H,8-11,13H2,1H3. The molecule has 1 aromatic heterocycles. The minimum Gasteiger partial charge on any atom is -0.480 e. The maximum Gasteiger partial charge on any atom is 0.246 e. The van der Waals surface area contributed by atoms with Crippen LogP contribution in [0.15, 0.2) is 36.4 Å². The SMILES string of the molecule is COc1ccc(N2CCN(C(=O)C=Cc3ccc4c(c3)OCO4)CC2)nn1. The zero-order valence-corrected chi connectivity index (χ0v) is 15.0. The number of carbonyl (C=O) groups is 1. The predicted octanol–water partition coefficient (Wildman–Crippen LogP) is 1.58. The lowest BCUT2D eigenvalue weighted by Gasteiger charge is -2.34. The van der Waals surface area contributed by atoms with E-state index in [4.69, 9.17) is 14.2 Å². The van der Waals surface area contributed by atoms with Gasteiger partial charge in [-0.25, -0.2) is 0 Å². The second-order valence-corrected chi connectivity index (χ2v) is 6.19. The van der Waals surface area contributed by atoms with Crippen LogP contribution in [0.4, 0.5) is 5.82 Å². The van der Waals surface area contributed by atoms with Gasteiger partial charge in [0, 0.05) is 38.3 Å². The zero-order valence-electron chi connectivity index (χ0n) is 15.0. The molecule has 0 unspecified atom stereocenters. The van der Waals surface area contributed by atoms with Crippen molar-refractivity contribution in [3.8, 4) is 17.4 Å². The number of aromatic nitrogens is 2. The Morgan fingerprint density at radius 1 is 1.07 bits per heavy atom. The van der Waals surface area contributed by atoms with Crippen LogP contribution in [-0.2, 0) is 4.79 Å². The highest BCUT2D eigenvalue weighted by atomic mass is 16.7. The third-order valence-corrected chi connectivity index (χ3v) is 4.57. The highest BCUT2D eigenvalue weighted by Crippen LogP contribution is 2.32. The van der Waals surface area contributed by atoms with Gasteiger partial charge in [0.15, 0.2) is 17.3 Å². The molecule has 0 N–H and O–H groups in total. The first-order chi connectivity index (χ1) is 13.2. The second kappa shape index (κ2) is 7.53. The molecular formula is C19H20N4O4. The predicted molar refractivity (Wildman–Crippen MR) is 99.0 cm³/mol. The van der Waals surface area contributed by atoms with E-state index in [2.05, 4.69) is 15.1 Å². The molecule has 0 atom stereocenters. The Morgan fingerprint density at radius 3 is 2.63 bits per heavy atom. The highest BCUT2D eigenvalue weighted by molar-refractivity contribution is 5.92. The fourth-order valence-corrected chi connectivity index (χ4v) is 3.04. The van der Waals surface area contributed by atoms with E-state index in [1.54, 1.807) is 25.3 Å². The Hall–Kier alpha value is -3.29. The fourth-order valence-electron chi connectivity index (χ4n) is 3.04. The van der Waals surface area contributed by atoms with Crippen LogP contribution in [0.3, 0.4) is 0 Å². The normalized spacial score (nSPS) is 16.0. The first-order valence-electron chi connectivity index (χ1n) is 8.72. The maximum absolute atomic E-state index is 12.5. The molecule has 0 bridgehead atoms. The van der Waals surface area contributed by atoms with E-state index in [9.17, 15) is 4.79 Å². The molecule has 2 aliphatic heterocycles. The van der Waals surface area contributed by atoms with Crippen molar-refractivity contribution in [2.24, 2.45) is 0 Å². The van der Waals surface area contributed by atoms with Gasteiger partial charge in [0.05, 0.1) is 7.11 Å². The van der Waals surface area contributed by atoms with Gasteiger partial charge in [-0.15, -0.1) is 10.2 Å². The number of rotatable bonds is 4. The van der Waals surface area contributed by atoms with Crippen molar-refractivity contribution in [1.29, 1.82) is 0 Å². The Kier molecular flexibility index (Phi) is 4.78. The van der Waals surface area contributed by atoms with Crippen molar-refractivity contribution >= 4 is 17.8 Å². The van der Waals surface area contributed by atoms with E-state index in [-0.39, 0.29) is 12.7 Å². The van der Waals surface area contributed by atoms with E-state index < -0.39 is 0 Å². The summed E-state index contributed by atoms with van der Waals surface area (Å²) in [5.74, 6) is 2.71. The summed E-state index contributed by atoms with van der Waals surface area (Å²) in [5, 5.41) is 8.15. The number of anilines is 1. The summed E-state index contributed by atoms with van der Waals surface area (Å²) in [4.78, 5) is 16.4. The van der Waals surface area contributed by atoms with Crippen LogP contribution in [0, 0.1) is 0 Å². The van der Waals surface area contributed by atoms with Gasteiger partial charge in [0.1, 0.15) is 0 Å². The smallest absolute Gasteiger partial charge is 0.246 e. The van der Waals surface area contributed by atoms with Gasteiger partial charge in [-0.1, -0.05) is 6.07 Å². The van der Waals surface area contributed by atoms with Crippen molar-refractivity contribution < 1.29 is 19.0 Å². The minimum atomic E-state index is -0.00636. The van der Waals surface area contributed by atoms with Crippen molar-refractivity contribution in [2.45, 2.75) is 0 Å². The molecule has 2 aliphatic rings. The molecule has 1 amide bonds. The van der Waals surface area contributed by atoms with Crippen LogP contribution < -0.4 is 19.1 Å². The number of nitrogens with zero attached hydrogens (tertiary/aromatic N) is 4. The van der Waals surface area contributed by atoms with Crippen LogP contribution in [-0.4, -0.2) is 61.1 Å². The molecule has 4 rings (SSSR count). The number of piperazine rings is 1. The van der Waals surface area contributed by atoms with Crippen LogP contribution in [0.5, 0.6) is 17.4 Å². The quantitative estimate of drug-likeness (QED) is 0.758. The molecular weight excluding hydrogens is 348 g/mol. The topological polar surface area (TPSA) is 77.0 Å². The molecule has 3 heterocycles. The Labute approximate surface area is 157 Å². The summed E-state index contributed by atoms with van der Waals surface area (Å²) < 4.78 is 15.7. The van der Waals surface area contributed by atoms with Crippen molar-refractivity contribution in [3.05, 3.63) is 42.0 Å². The van der Waals surface area contributed by atoms with Crippen LogP contribution in [0.2, 0.25) is 0 Å². The van der Waals surface area contributed by atoms with Gasteiger partial charge in [-0.05, 0) is 29.8 Å². The Morgan fingerprint density at radius 2 is 1.89 bits per heavy atom. The largest absolute Gasteiger partial charge is 0.480 e. The molecule has 1 saturated heterocycles. The molecule has 8 nitrogen and oxygen atoms in total. The summed E-state index contributed by atoms with van der Waals surface area (Å²) in [6, 6.07) is 9.28. The molecule has 27 heavy (non-hydrogen) atoms. The van der Waals surface area contributed by atoms with Crippen LogP contribution in [0.1, 0.15) is 5.56 Å². The molecule has 0 saturated carbocycles. The molecule has 1 aromatic carbocycles. The van der Waals surface area contributed by atoms with E-state index in [0.717, 1.165) is 17.1 Å². The number of hydrogen-bond acceptors (Lipinski definition) is 7. The molecule has 0 spiro atoms. The van der Waals surface area contributed by atoms with Crippen molar-refractivity contribution in [1.82, 2.24) is 15.1 Å². The molecule has 0 aliphatic carbocycles. The number of ether oxygens (including phenoxy) is 3. The average molecular weight is 368 g/mol. The highest BCUT2D eigenvalue weighted by Gasteiger charge is 2.21. The first kappa shape index (κ1) is 17.1. The lowest BCUT2D eigenvalue weighted by molar-refractivity contribution is -0.126. The monoisotopic (exact) mass is 368 g/mol. The third kappa shape index (κ3) is 3.79. The van der Waals surface area contributed by atoms with Gasteiger partial charge in [-0.2, -0.15) is 0 Å². The van der Waals surface area contributed by atoms with Gasteiger partial charge in [0.2, 0.25) is 18.6 Å². The lowest BCUT2D eigenvalue weighted by atomic mass is 10.2. The zero-order chi connectivity index (χ0) is 18.6. The Bertz CT molecular complexity index is 845. The fraction of sp³-hybridized carbons (Fsp3) is 0.316. The van der Waals surface area contributed by atoms with E-state index in [1.807, 2.05) is 29.2 Å². The second-order valence-electron chi connectivity index (χ2n) is 6.19. The molecule has 1 fully saturated rings. The van der Waals surface area contributed by atoms with Crippen molar-refractivity contribution in [2.75, 3.05) is 45.0 Å². The van der Waals surface area contributed by atoms with Gasteiger partial charge in [-0.3, -0.25) is 4.79 Å². The summed E-state index contributed by atoms with van der Waals surface area (Å²) in [5.41, 5.74) is 0.903. The Balaban J connectivity index is 1.33.